The molecule has 146 valence electrons. The average Bonchev–Trinajstić information content (AvgIpc) is 2.60. The number of halogens is 1. The summed E-state index contributed by atoms with van der Waals surface area (Å²) in [5.41, 5.74) is 1.13. The first-order valence-electron chi connectivity index (χ1n) is 10.2. The van der Waals surface area contributed by atoms with Crippen molar-refractivity contribution in [2.45, 2.75) is 51.5 Å². The number of amides is 2. The number of likely N-dealkylation sites (N-methyl/N-ethyl adjacent to an activating group) is 1. The molecular formula is C22H29ClN2O2. The molecule has 4 aliphatic rings. The quantitative estimate of drug-likeness (QED) is 0.800. The van der Waals surface area contributed by atoms with Crippen molar-refractivity contribution in [1.82, 2.24) is 10.2 Å². The van der Waals surface area contributed by atoms with Crippen LogP contribution in [0.5, 0.6) is 0 Å². The molecule has 0 unspecified atom stereocenters. The predicted molar refractivity (Wildman–Crippen MR) is 106 cm³/mol. The van der Waals surface area contributed by atoms with Crippen LogP contribution < -0.4 is 5.32 Å². The molecule has 5 heteroatoms. The molecule has 27 heavy (non-hydrogen) atoms. The lowest BCUT2D eigenvalue weighted by Crippen LogP contribution is -2.48. The zero-order chi connectivity index (χ0) is 19.0. The summed E-state index contributed by atoms with van der Waals surface area (Å²) in [5.74, 6) is 2.47. The number of nitrogens with one attached hydrogen (secondary N) is 1. The topological polar surface area (TPSA) is 49.4 Å². The molecule has 4 aliphatic carbocycles. The van der Waals surface area contributed by atoms with Crippen molar-refractivity contribution in [2.24, 2.45) is 23.2 Å². The van der Waals surface area contributed by atoms with E-state index >= 15 is 0 Å². The highest BCUT2D eigenvalue weighted by molar-refractivity contribution is 6.31. The zero-order valence-corrected chi connectivity index (χ0v) is 16.8. The van der Waals surface area contributed by atoms with Gasteiger partial charge in [0.05, 0.1) is 6.54 Å². The summed E-state index contributed by atoms with van der Waals surface area (Å²) in [4.78, 5) is 26.6. The molecule has 0 heterocycles. The van der Waals surface area contributed by atoms with Crippen molar-refractivity contribution < 1.29 is 9.59 Å². The van der Waals surface area contributed by atoms with Crippen LogP contribution in [0.25, 0.3) is 0 Å². The number of benzene rings is 1. The van der Waals surface area contributed by atoms with Gasteiger partial charge in [-0.1, -0.05) is 29.8 Å². The molecule has 4 fully saturated rings. The fraction of sp³-hybridized carbons (Fsp3) is 0.636. The summed E-state index contributed by atoms with van der Waals surface area (Å²) in [6.45, 7) is 0.509. The van der Waals surface area contributed by atoms with Gasteiger partial charge in [0.25, 0.3) is 0 Å². The minimum absolute atomic E-state index is 0.0384. The first-order chi connectivity index (χ1) is 12.9. The summed E-state index contributed by atoms with van der Waals surface area (Å²) in [6, 6.07) is 7.52. The number of nitrogens with zero attached hydrogens (tertiary/aromatic N) is 1. The maximum absolute atomic E-state index is 12.6. The molecule has 5 rings (SSSR count). The molecular weight excluding hydrogens is 360 g/mol. The number of hydrogen-bond acceptors (Lipinski definition) is 2. The Kier molecular flexibility index (Phi) is 5.19. The van der Waals surface area contributed by atoms with Gasteiger partial charge in [-0.3, -0.25) is 9.59 Å². The second kappa shape index (κ2) is 7.46. The summed E-state index contributed by atoms with van der Waals surface area (Å²) >= 11 is 6.17. The van der Waals surface area contributed by atoms with E-state index in [9.17, 15) is 9.59 Å². The number of hydrogen-bond donors (Lipinski definition) is 1. The number of carbonyl (C=O) groups is 2. The second-order valence-electron chi connectivity index (χ2n) is 9.21. The normalized spacial score (nSPS) is 31.0. The van der Waals surface area contributed by atoms with Gasteiger partial charge in [-0.2, -0.15) is 0 Å². The van der Waals surface area contributed by atoms with Gasteiger partial charge in [0, 0.05) is 25.0 Å². The highest BCUT2D eigenvalue weighted by Crippen LogP contribution is 2.61. The minimum atomic E-state index is -0.0891. The first-order valence-corrected chi connectivity index (χ1v) is 10.5. The highest BCUT2D eigenvalue weighted by atomic mass is 35.5. The molecule has 4 saturated carbocycles. The minimum Gasteiger partial charge on any atom is -0.347 e. The van der Waals surface area contributed by atoms with Crippen molar-refractivity contribution in [2.75, 3.05) is 13.6 Å². The van der Waals surface area contributed by atoms with Crippen molar-refractivity contribution in [3.05, 3.63) is 34.9 Å². The van der Waals surface area contributed by atoms with Gasteiger partial charge in [0.1, 0.15) is 0 Å². The zero-order valence-electron chi connectivity index (χ0n) is 16.0. The van der Waals surface area contributed by atoms with Crippen LogP contribution in [0.2, 0.25) is 5.02 Å². The van der Waals surface area contributed by atoms with Crippen LogP contribution >= 0.6 is 11.6 Å². The lowest BCUT2D eigenvalue weighted by Gasteiger charge is -2.56. The Bertz CT molecular complexity index is 697. The monoisotopic (exact) mass is 388 g/mol. The molecule has 0 spiro atoms. The maximum atomic E-state index is 12.6. The lowest BCUT2D eigenvalue weighted by molar-refractivity contribution is -0.135. The molecule has 0 atom stereocenters. The Morgan fingerprint density at radius 2 is 1.70 bits per heavy atom. The van der Waals surface area contributed by atoms with E-state index in [-0.39, 0.29) is 23.8 Å². The Hall–Kier alpha value is -1.55. The summed E-state index contributed by atoms with van der Waals surface area (Å²) in [6.07, 6.45) is 8.38. The van der Waals surface area contributed by atoms with E-state index in [1.807, 2.05) is 24.3 Å². The van der Waals surface area contributed by atoms with Gasteiger partial charge in [0.15, 0.2) is 0 Å². The average molecular weight is 389 g/mol. The smallest absolute Gasteiger partial charge is 0.242 e. The molecule has 1 N–H and O–H groups in total. The van der Waals surface area contributed by atoms with E-state index < -0.39 is 0 Å². The highest BCUT2D eigenvalue weighted by Gasteiger charge is 2.51. The van der Waals surface area contributed by atoms with Crippen molar-refractivity contribution in [1.29, 1.82) is 0 Å². The van der Waals surface area contributed by atoms with E-state index in [2.05, 4.69) is 5.32 Å². The fourth-order valence-electron chi connectivity index (χ4n) is 6.19. The Morgan fingerprint density at radius 3 is 2.30 bits per heavy atom. The summed E-state index contributed by atoms with van der Waals surface area (Å²) < 4.78 is 0. The first kappa shape index (κ1) is 18.8. The molecule has 1 aromatic rings. The molecule has 4 bridgehead atoms. The lowest BCUT2D eigenvalue weighted by atomic mass is 9.49. The third kappa shape index (κ3) is 4.16. The van der Waals surface area contributed by atoms with Gasteiger partial charge < -0.3 is 10.2 Å². The van der Waals surface area contributed by atoms with Gasteiger partial charge >= 0.3 is 0 Å². The van der Waals surface area contributed by atoms with Crippen LogP contribution in [-0.4, -0.2) is 30.3 Å². The molecule has 4 nitrogen and oxygen atoms in total. The van der Waals surface area contributed by atoms with Crippen molar-refractivity contribution in [3.8, 4) is 0 Å². The Balaban J connectivity index is 1.27. The summed E-state index contributed by atoms with van der Waals surface area (Å²) in [5, 5.41) is 3.53. The van der Waals surface area contributed by atoms with E-state index in [1.54, 1.807) is 11.9 Å². The van der Waals surface area contributed by atoms with E-state index in [4.69, 9.17) is 11.6 Å². The molecule has 2 amide bonds. The van der Waals surface area contributed by atoms with Crippen LogP contribution in [0.4, 0.5) is 0 Å². The third-order valence-electron chi connectivity index (χ3n) is 6.93. The molecule has 0 saturated heterocycles. The molecule has 0 aromatic heterocycles. The summed E-state index contributed by atoms with van der Waals surface area (Å²) in [7, 11) is 1.75. The molecule has 1 aromatic carbocycles. The third-order valence-corrected chi connectivity index (χ3v) is 7.30. The van der Waals surface area contributed by atoms with Crippen molar-refractivity contribution in [3.63, 3.8) is 0 Å². The van der Waals surface area contributed by atoms with Gasteiger partial charge in [-0.05, 0) is 73.3 Å². The van der Waals surface area contributed by atoms with Gasteiger partial charge in [0.2, 0.25) is 11.8 Å². The molecule has 0 aliphatic heterocycles. The maximum Gasteiger partial charge on any atom is 0.242 e. The SMILES string of the molecule is CN(Cc1ccccc1Cl)C(=O)CNC(=O)CC12CC3CC(CC(C3)C1)C2. The van der Waals surface area contributed by atoms with Gasteiger partial charge in [-0.15, -0.1) is 0 Å². The van der Waals surface area contributed by atoms with Crippen LogP contribution in [0.1, 0.15) is 50.5 Å². The standard InChI is InChI=1S/C22H29ClN2O2/c1-25(14-18-4-2-3-5-19(18)23)21(27)13-24-20(26)12-22-9-15-6-16(10-22)8-17(7-15)11-22/h2-5,15-17H,6-14H2,1H3,(H,24,26). The van der Waals surface area contributed by atoms with E-state index in [0.717, 1.165) is 23.3 Å². The van der Waals surface area contributed by atoms with Crippen LogP contribution in [-0.2, 0) is 16.1 Å². The van der Waals surface area contributed by atoms with Gasteiger partial charge in [-0.25, -0.2) is 0 Å². The number of rotatable bonds is 6. The fourth-order valence-corrected chi connectivity index (χ4v) is 6.38. The Morgan fingerprint density at radius 1 is 1.11 bits per heavy atom. The van der Waals surface area contributed by atoms with Crippen molar-refractivity contribution >= 4 is 23.4 Å². The van der Waals surface area contributed by atoms with E-state index in [1.165, 1.54) is 38.5 Å². The van der Waals surface area contributed by atoms with Crippen LogP contribution in [0, 0.1) is 23.2 Å². The van der Waals surface area contributed by atoms with Crippen LogP contribution in [0.15, 0.2) is 24.3 Å². The largest absolute Gasteiger partial charge is 0.347 e. The predicted octanol–water partition coefficient (Wildman–Crippen LogP) is 4.02. The second-order valence-corrected chi connectivity index (χ2v) is 9.62. The Labute approximate surface area is 166 Å². The van der Waals surface area contributed by atoms with Crippen LogP contribution in [0.3, 0.4) is 0 Å². The van der Waals surface area contributed by atoms with E-state index in [0.29, 0.717) is 18.0 Å². The number of carbonyl (C=O) groups excluding carboxylic acids is 2. The molecule has 0 radical (unpaired) electrons.